The van der Waals surface area contributed by atoms with Crippen LogP contribution in [0.4, 0.5) is 0 Å². The Bertz CT molecular complexity index is 1150. The summed E-state index contributed by atoms with van der Waals surface area (Å²) in [6.07, 6.45) is 3.78. The predicted octanol–water partition coefficient (Wildman–Crippen LogP) is 5.88. The third kappa shape index (κ3) is 2.86. The Balaban J connectivity index is 1.97. The molecule has 0 aliphatic carbocycles. The largest absolute Gasteiger partial charge is 0.249 e. The van der Waals surface area contributed by atoms with Gasteiger partial charge in [0.2, 0.25) is 0 Å². The van der Waals surface area contributed by atoms with Crippen molar-refractivity contribution in [2.24, 2.45) is 0 Å². The summed E-state index contributed by atoms with van der Waals surface area (Å²) in [4.78, 5) is 4.45. The number of rotatable bonds is 4. The summed E-state index contributed by atoms with van der Waals surface area (Å²) >= 11 is 2.28. The molecule has 4 heteroatoms. The van der Waals surface area contributed by atoms with Crippen molar-refractivity contribution in [3.8, 4) is 0 Å². The summed E-state index contributed by atoms with van der Waals surface area (Å²) in [6, 6.07) is 33.8. The quantitative estimate of drug-likeness (QED) is 0.180. The van der Waals surface area contributed by atoms with Crippen molar-refractivity contribution < 1.29 is 0 Å². The molecule has 0 fully saturated rings. The first-order valence-corrected chi connectivity index (χ1v) is 10.5. The Kier molecular flexibility index (Phi) is 4.64. The lowest BCUT2D eigenvalue weighted by atomic mass is 9.77. The Hall–Kier alpha value is -2.99. The van der Waals surface area contributed by atoms with E-state index < -0.39 is 5.54 Å². The first kappa shape index (κ1) is 18.1. The van der Waals surface area contributed by atoms with E-state index in [9.17, 15) is 0 Å². The fraction of sp³-hybridized carbons (Fsp3) is 0.0400. The summed E-state index contributed by atoms with van der Waals surface area (Å²) in [7, 11) is 0. The molecule has 0 aliphatic heterocycles. The lowest BCUT2D eigenvalue weighted by Gasteiger charge is -2.37. The number of halogens is 1. The third-order valence-electron chi connectivity index (χ3n) is 5.34. The van der Waals surface area contributed by atoms with E-state index in [0.29, 0.717) is 0 Å². The van der Waals surface area contributed by atoms with Gasteiger partial charge < -0.3 is 0 Å². The molecule has 5 rings (SSSR count). The average Bonchev–Trinajstić information content (AvgIpc) is 3.23. The zero-order chi connectivity index (χ0) is 19.7. The van der Waals surface area contributed by atoms with E-state index in [-0.39, 0.29) is 0 Å². The van der Waals surface area contributed by atoms with E-state index in [4.69, 9.17) is 5.10 Å². The number of hydrogen-bond acceptors (Lipinski definition) is 2. The van der Waals surface area contributed by atoms with E-state index in [1.165, 1.54) is 0 Å². The molecule has 0 radical (unpaired) electrons. The molecule has 0 atom stereocenters. The van der Waals surface area contributed by atoms with Crippen molar-refractivity contribution in [1.82, 2.24) is 14.8 Å². The van der Waals surface area contributed by atoms with Crippen LogP contribution in [-0.2, 0) is 5.54 Å². The number of fused-ring (bicyclic) bond motifs is 1. The van der Waals surface area contributed by atoms with Gasteiger partial charge in [-0.15, -0.1) is 0 Å². The molecule has 2 heterocycles. The summed E-state index contributed by atoms with van der Waals surface area (Å²) < 4.78 is 3.10. The lowest BCUT2D eigenvalue weighted by Crippen LogP contribution is -2.38. The molecule has 29 heavy (non-hydrogen) atoms. The minimum Gasteiger partial charge on any atom is -0.249 e. The Morgan fingerprint density at radius 3 is 1.62 bits per heavy atom. The normalized spacial score (nSPS) is 11.6. The van der Waals surface area contributed by atoms with Crippen LogP contribution in [0.5, 0.6) is 0 Å². The second kappa shape index (κ2) is 7.44. The number of benzene rings is 3. The zero-order valence-electron chi connectivity index (χ0n) is 15.6. The molecule has 5 aromatic rings. The van der Waals surface area contributed by atoms with E-state index >= 15 is 0 Å². The van der Waals surface area contributed by atoms with Crippen LogP contribution in [0.25, 0.3) is 10.9 Å². The SMILES string of the molecule is Ic1nccc2c1cnn2C(c1ccccc1)(c1ccccc1)c1ccccc1. The first-order valence-electron chi connectivity index (χ1n) is 9.47. The van der Waals surface area contributed by atoms with E-state index in [2.05, 4.69) is 123 Å². The molecule has 3 nitrogen and oxygen atoms in total. The summed E-state index contributed by atoms with van der Waals surface area (Å²) in [6.45, 7) is 0. The van der Waals surface area contributed by atoms with Gasteiger partial charge in [0.1, 0.15) is 9.24 Å². The van der Waals surface area contributed by atoms with Crippen LogP contribution in [0.3, 0.4) is 0 Å². The van der Waals surface area contributed by atoms with Crippen LogP contribution in [0, 0.1) is 3.70 Å². The monoisotopic (exact) mass is 487 g/mol. The minimum absolute atomic E-state index is 0.601. The highest BCUT2D eigenvalue weighted by molar-refractivity contribution is 14.1. The van der Waals surface area contributed by atoms with E-state index in [1.54, 1.807) is 0 Å². The topological polar surface area (TPSA) is 30.7 Å². The molecule has 3 aromatic carbocycles. The summed E-state index contributed by atoms with van der Waals surface area (Å²) in [5, 5.41) is 5.99. The van der Waals surface area contributed by atoms with Crippen molar-refractivity contribution in [2.75, 3.05) is 0 Å². The van der Waals surface area contributed by atoms with Crippen molar-refractivity contribution in [3.63, 3.8) is 0 Å². The molecule has 0 unspecified atom stereocenters. The molecule has 0 spiro atoms. The van der Waals surface area contributed by atoms with Crippen molar-refractivity contribution in [1.29, 1.82) is 0 Å². The van der Waals surface area contributed by atoms with Gasteiger partial charge in [-0.25, -0.2) is 9.67 Å². The predicted molar refractivity (Wildman–Crippen MR) is 125 cm³/mol. The van der Waals surface area contributed by atoms with Crippen LogP contribution in [0.1, 0.15) is 16.7 Å². The molecular formula is C25H18IN3. The van der Waals surface area contributed by atoms with Crippen molar-refractivity contribution in [2.45, 2.75) is 5.54 Å². The van der Waals surface area contributed by atoms with Gasteiger partial charge in [0.25, 0.3) is 0 Å². The Labute approximate surface area is 183 Å². The molecule has 0 amide bonds. The number of aromatic nitrogens is 3. The molecule has 0 saturated carbocycles. The molecule has 0 bridgehead atoms. The van der Waals surface area contributed by atoms with Gasteiger partial charge in [-0.1, -0.05) is 91.0 Å². The Morgan fingerprint density at radius 2 is 1.14 bits per heavy atom. The van der Waals surface area contributed by atoms with E-state index in [1.807, 2.05) is 18.5 Å². The van der Waals surface area contributed by atoms with Crippen LogP contribution in [0.2, 0.25) is 0 Å². The van der Waals surface area contributed by atoms with Gasteiger partial charge >= 0.3 is 0 Å². The minimum atomic E-state index is -0.601. The number of nitrogens with zero attached hydrogens (tertiary/aromatic N) is 3. The summed E-state index contributed by atoms with van der Waals surface area (Å²) in [5.41, 5.74) is 3.94. The summed E-state index contributed by atoms with van der Waals surface area (Å²) in [5.74, 6) is 0. The smallest absolute Gasteiger partial charge is 0.138 e. The first-order chi connectivity index (χ1) is 14.3. The van der Waals surface area contributed by atoms with Crippen LogP contribution in [-0.4, -0.2) is 14.8 Å². The Morgan fingerprint density at radius 1 is 0.655 bits per heavy atom. The van der Waals surface area contributed by atoms with Gasteiger partial charge in [-0.2, -0.15) is 5.10 Å². The van der Waals surface area contributed by atoms with Gasteiger partial charge in [0.15, 0.2) is 0 Å². The van der Waals surface area contributed by atoms with Crippen LogP contribution >= 0.6 is 22.6 Å². The van der Waals surface area contributed by atoms with Crippen LogP contribution < -0.4 is 0 Å². The second-order valence-corrected chi connectivity index (χ2v) is 7.92. The maximum atomic E-state index is 4.93. The van der Waals surface area contributed by atoms with Gasteiger partial charge in [-0.05, 0) is 45.3 Å². The number of hydrogen-bond donors (Lipinski definition) is 0. The zero-order valence-corrected chi connectivity index (χ0v) is 17.8. The number of pyridine rings is 1. The fourth-order valence-electron chi connectivity index (χ4n) is 4.09. The fourth-order valence-corrected chi connectivity index (χ4v) is 4.67. The van der Waals surface area contributed by atoms with Crippen molar-refractivity contribution >= 4 is 33.5 Å². The molecule has 0 aliphatic rings. The third-order valence-corrected chi connectivity index (χ3v) is 6.20. The second-order valence-electron chi connectivity index (χ2n) is 6.90. The molecule has 140 valence electrons. The molecule has 0 N–H and O–H groups in total. The maximum Gasteiger partial charge on any atom is 0.138 e. The maximum absolute atomic E-state index is 4.93. The molecule has 0 saturated heterocycles. The average molecular weight is 487 g/mol. The van der Waals surface area contributed by atoms with E-state index in [0.717, 1.165) is 31.3 Å². The molecular weight excluding hydrogens is 469 g/mol. The highest BCUT2D eigenvalue weighted by atomic mass is 127. The highest BCUT2D eigenvalue weighted by Gasteiger charge is 2.40. The van der Waals surface area contributed by atoms with Crippen molar-refractivity contribution in [3.05, 3.63) is 130 Å². The highest BCUT2D eigenvalue weighted by Crippen LogP contribution is 2.42. The lowest BCUT2D eigenvalue weighted by molar-refractivity contribution is 0.476. The standard InChI is InChI=1S/C25H18IN3/c26-24-22-18-28-29(23(22)16-17-27-24)25(19-10-4-1-5-11-19,20-12-6-2-7-13-20)21-14-8-3-9-15-21/h1-18H. The van der Waals surface area contributed by atoms with Gasteiger partial charge in [0.05, 0.1) is 17.1 Å². The molecule has 2 aromatic heterocycles. The van der Waals surface area contributed by atoms with Gasteiger partial charge in [0, 0.05) is 6.20 Å². The van der Waals surface area contributed by atoms with Crippen LogP contribution in [0.15, 0.2) is 109 Å². The van der Waals surface area contributed by atoms with Gasteiger partial charge in [-0.3, -0.25) is 0 Å².